The molecule has 0 unspecified atom stereocenters. The Hall–Kier alpha value is -1.64. The number of nitrogens with one attached hydrogen (secondary N) is 2. The highest BCUT2D eigenvalue weighted by molar-refractivity contribution is 14.1. The van der Waals surface area contributed by atoms with Crippen molar-refractivity contribution in [3.8, 4) is 0 Å². The molecular weight excluding hydrogens is 459 g/mol. The van der Waals surface area contributed by atoms with E-state index >= 15 is 0 Å². The first-order valence-corrected chi connectivity index (χ1v) is 9.28. The molecule has 0 saturated carbocycles. The van der Waals surface area contributed by atoms with E-state index in [9.17, 15) is 9.59 Å². The number of carbonyl (C=O) groups excluding carboxylic acids is 2. The van der Waals surface area contributed by atoms with Gasteiger partial charge in [-0.1, -0.05) is 35.9 Å². The number of hydrazine groups is 1. The predicted octanol–water partition coefficient (Wildman–Crippen LogP) is 4.54. The minimum atomic E-state index is -0.434. The summed E-state index contributed by atoms with van der Waals surface area (Å²) in [6.07, 6.45) is 0. The van der Waals surface area contributed by atoms with Crippen LogP contribution in [0.2, 0.25) is 5.02 Å². The van der Waals surface area contributed by atoms with Gasteiger partial charge in [-0.3, -0.25) is 20.4 Å². The summed E-state index contributed by atoms with van der Waals surface area (Å²) >= 11 is 9.71. The van der Waals surface area contributed by atoms with Crippen LogP contribution in [0.4, 0.5) is 0 Å². The van der Waals surface area contributed by atoms with Crippen molar-refractivity contribution in [2.45, 2.75) is 6.92 Å². The second-order valence-electron chi connectivity index (χ2n) is 5.11. The average molecular weight is 471 g/mol. The number of hydrogen-bond acceptors (Lipinski definition) is 3. The van der Waals surface area contributed by atoms with Gasteiger partial charge in [-0.2, -0.15) is 0 Å². The van der Waals surface area contributed by atoms with Gasteiger partial charge in [0.05, 0.1) is 5.02 Å². The van der Waals surface area contributed by atoms with Crippen molar-refractivity contribution in [2.24, 2.45) is 0 Å². The third-order valence-corrected chi connectivity index (χ3v) is 6.30. The average Bonchev–Trinajstić information content (AvgIpc) is 2.92. The molecule has 0 bridgehead atoms. The molecule has 2 aromatic carbocycles. The highest BCUT2D eigenvalue weighted by Crippen LogP contribution is 2.34. The van der Waals surface area contributed by atoms with Gasteiger partial charge in [0.25, 0.3) is 11.8 Å². The zero-order valence-corrected chi connectivity index (χ0v) is 16.3. The molecule has 24 heavy (non-hydrogen) atoms. The lowest BCUT2D eigenvalue weighted by atomic mass is 10.1. The molecule has 0 fully saturated rings. The Morgan fingerprint density at radius 2 is 1.79 bits per heavy atom. The van der Waals surface area contributed by atoms with Gasteiger partial charge in [-0.25, -0.2) is 0 Å². The largest absolute Gasteiger partial charge is 0.281 e. The van der Waals surface area contributed by atoms with Crippen molar-refractivity contribution in [1.29, 1.82) is 0 Å². The zero-order chi connectivity index (χ0) is 17.3. The quantitative estimate of drug-likeness (QED) is 0.427. The minimum absolute atomic E-state index is 0.372. The van der Waals surface area contributed by atoms with Gasteiger partial charge in [0, 0.05) is 19.2 Å². The van der Waals surface area contributed by atoms with E-state index in [1.807, 2.05) is 37.3 Å². The lowest BCUT2D eigenvalue weighted by Crippen LogP contribution is -2.41. The minimum Gasteiger partial charge on any atom is -0.267 e. The maximum atomic E-state index is 12.3. The second-order valence-corrected chi connectivity index (χ2v) is 7.71. The van der Waals surface area contributed by atoms with Crippen LogP contribution < -0.4 is 10.9 Å². The molecule has 3 rings (SSSR count). The topological polar surface area (TPSA) is 58.2 Å². The molecule has 0 saturated heterocycles. The number of rotatable bonds is 2. The van der Waals surface area contributed by atoms with Gasteiger partial charge >= 0.3 is 0 Å². The number of aryl methyl sites for hydroxylation is 1. The summed E-state index contributed by atoms with van der Waals surface area (Å²) in [7, 11) is 0. The monoisotopic (exact) mass is 470 g/mol. The van der Waals surface area contributed by atoms with Crippen LogP contribution in [0.25, 0.3) is 10.1 Å². The number of fused-ring (bicyclic) bond motifs is 1. The lowest BCUT2D eigenvalue weighted by molar-refractivity contribution is 0.0849. The standard InChI is InChI=1S/C17H12ClIN2O2S/c1-9-6-7-10(8-12(9)19)16(22)20-21-17(23)15-14(18)11-4-2-3-5-13(11)24-15/h2-8H,1H3,(H,20,22)(H,21,23). The summed E-state index contributed by atoms with van der Waals surface area (Å²) in [6.45, 7) is 1.97. The fourth-order valence-electron chi connectivity index (χ4n) is 2.14. The van der Waals surface area contributed by atoms with Crippen LogP contribution in [-0.2, 0) is 0 Å². The van der Waals surface area contributed by atoms with Crippen molar-refractivity contribution in [3.63, 3.8) is 0 Å². The van der Waals surface area contributed by atoms with Crippen LogP contribution in [0.5, 0.6) is 0 Å². The summed E-state index contributed by atoms with van der Waals surface area (Å²) in [5.74, 6) is -0.810. The Kier molecular flexibility index (Phi) is 5.07. The predicted molar refractivity (Wildman–Crippen MR) is 106 cm³/mol. The van der Waals surface area contributed by atoms with Gasteiger partial charge in [0.2, 0.25) is 0 Å². The SMILES string of the molecule is Cc1ccc(C(=O)NNC(=O)c2sc3ccccc3c2Cl)cc1I. The Morgan fingerprint density at radius 3 is 2.50 bits per heavy atom. The molecule has 0 atom stereocenters. The van der Waals surface area contributed by atoms with E-state index in [0.717, 1.165) is 19.2 Å². The molecule has 7 heteroatoms. The molecule has 0 aliphatic rings. The van der Waals surface area contributed by atoms with Gasteiger partial charge in [0.1, 0.15) is 4.88 Å². The molecule has 2 amide bonds. The van der Waals surface area contributed by atoms with Crippen LogP contribution in [-0.4, -0.2) is 11.8 Å². The lowest BCUT2D eigenvalue weighted by Gasteiger charge is -2.07. The van der Waals surface area contributed by atoms with E-state index in [1.54, 1.807) is 12.1 Å². The van der Waals surface area contributed by atoms with Crippen molar-refractivity contribution < 1.29 is 9.59 Å². The Morgan fingerprint density at radius 1 is 1.08 bits per heavy atom. The molecule has 2 N–H and O–H groups in total. The molecule has 0 radical (unpaired) electrons. The van der Waals surface area contributed by atoms with Crippen molar-refractivity contribution in [1.82, 2.24) is 10.9 Å². The first kappa shape index (κ1) is 17.2. The summed E-state index contributed by atoms with van der Waals surface area (Å²) in [4.78, 5) is 24.8. The second kappa shape index (κ2) is 7.08. The normalized spacial score (nSPS) is 10.6. The van der Waals surface area contributed by atoms with Gasteiger partial charge in [0.15, 0.2) is 0 Å². The summed E-state index contributed by atoms with van der Waals surface area (Å²) in [6, 6.07) is 12.9. The van der Waals surface area contributed by atoms with Gasteiger partial charge < -0.3 is 0 Å². The number of carbonyl (C=O) groups is 2. The van der Waals surface area contributed by atoms with E-state index in [2.05, 4.69) is 33.4 Å². The Balaban J connectivity index is 1.73. The highest BCUT2D eigenvalue weighted by atomic mass is 127. The highest BCUT2D eigenvalue weighted by Gasteiger charge is 2.17. The summed E-state index contributed by atoms with van der Waals surface area (Å²) < 4.78 is 1.91. The Labute approximate surface area is 161 Å². The third-order valence-electron chi connectivity index (χ3n) is 3.46. The van der Waals surface area contributed by atoms with E-state index in [4.69, 9.17) is 11.6 Å². The van der Waals surface area contributed by atoms with Crippen molar-refractivity contribution in [3.05, 3.63) is 67.1 Å². The molecule has 1 aromatic heterocycles. The van der Waals surface area contributed by atoms with Crippen LogP contribution >= 0.6 is 45.5 Å². The maximum Gasteiger partial charge on any atom is 0.281 e. The number of halogens is 2. The smallest absolute Gasteiger partial charge is 0.267 e. The fourth-order valence-corrected chi connectivity index (χ4v) is 4.06. The van der Waals surface area contributed by atoms with E-state index < -0.39 is 5.91 Å². The van der Waals surface area contributed by atoms with Crippen LogP contribution in [0.3, 0.4) is 0 Å². The van der Waals surface area contributed by atoms with Crippen LogP contribution in [0.15, 0.2) is 42.5 Å². The fraction of sp³-hybridized carbons (Fsp3) is 0.0588. The number of benzene rings is 2. The van der Waals surface area contributed by atoms with Crippen molar-refractivity contribution in [2.75, 3.05) is 0 Å². The number of amides is 2. The molecule has 3 aromatic rings. The van der Waals surface area contributed by atoms with E-state index in [1.165, 1.54) is 11.3 Å². The van der Waals surface area contributed by atoms with E-state index in [0.29, 0.717) is 15.5 Å². The van der Waals surface area contributed by atoms with Crippen molar-refractivity contribution >= 4 is 67.4 Å². The molecule has 4 nitrogen and oxygen atoms in total. The molecular formula is C17H12ClIN2O2S. The van der Waals surface area contributed by atoms with Crippen LogP contribution in [0.1, 0.15) is 25.6 Å². The Bertz CT molecular complexity index is 955. The number of thiophene rings is 1. The van der Waals surface area contributed by atoms with Crippen LogP contribution in [0, 0.1) is 10.5 Å². The van der Waals surface area contributed by atoms with Gasteiger partial charge in [-0.05, 0) is 53.3 Å². The zero-order valence-electron chi connectivity index (χ0n) is 12.5. The first-order chi connectivity index (χ1) is 11.5. The summed E-state index contributed by atoms with van der Waals surface area (Å²) in [5, 5.41) is 1.22. The molecule has 1 heterocycles. The van der Waals surface area contributed by atoms with E-state index in [-0.39, 0.29) is 5.91 Å². The van der Waals surface area contributed by atoms with Gasteiger partial charge in [-0.15, -0.1) is 11.3 Å². The molecule has 0 aliphatic heterocycles. The number of hydrogen-bond donors (Lipinski definition) is 2. The molecule has 0 spiro atoms. The third kappa shape index (κ3) is 3.40. The molecule has 0 aliphatic carbocycles. The summed E-state index contributed by atoms with van der Waals surface area (Å²) in [5.41, 5.74) is 6.41. The maximum absolute atomic E-state index is 12.3. The molecule has 122 valence electrons. The first-order valence-electron chi connectivity index (χ1n) is 7.01.